The maximum absolute atomic E-state index is 12.8. The van der Waals surface area contributed by atoms with Crippen LogP contribution in [0.3, 0.4) is 0 Å². The molecule has 0 saturated carbocycles. The first kappa shape index (κ1) is 18.9. The van der Waals surface area contributed by atoms with Crippen LogP contribution in [0.4, 0.5) is 30.7 Å². The highest BCUT2D eigenvalue weighted by molar-refractivity contribution is 8.00. The van der Waals surface area contributed by atoms with Crippen molar-refractivity contribution in [3.8, 4) is 0 Å². The quantitative estimate of drug-likeness (QED) is 0.379. The van der Waals surface area contributed by atoms with Gasteiger partial charge in [0.2, 0.25) is 0 Å². The van der Waals surface area contributed by atoms with Crippen LogP contribution in [-0.2, 0) is 0 Å². The van der Waals surface area contributed by atoms with Crippen LogP contribution in [0.15, 0.2) is 0 Å². The lowest BCUT2D eigenvalue weighted by atomic mass is 10.1. The maximum atomic E-state index is 12.8. The van der Waals surface area contributed by atoms with Crippen molar-refractivity contribution in [1.82, 2.24) is 0 Å². The van der Waals surface area contributed by atoms with Crippen LogP contribution in [0.5, 0.6) is 0 Å². The third-order valence-corrected chi connectivity index (χ3v) is 3.61. The smallest absolute Gasteiger partial charge is 0.188 e. The molecule has 0 atom stereocenters. The number of halogens is 7. The summed E-state index contributed by atoms with van der Waals surface area (Å²) in [6.45, 7) is 2.00. The minimum absolute atomic E-state index is 0.206. The van der Waals surface area contributed by atoms with Crippen LogP contribution in [-0.4, -0.2) is 23.1 Å². The van der Waals surface area contributed by atoms with E-state index in [9.17, 15) is 30.7 Å². The van der Waals surface area contributed by atoms with Crippen LogP contribution >= 0.6 is 11.8 Å². The van der Waals surface area contributed by atoms with Crippen LogP contribution in [0.1, 0.15) is 45.4 Å². The van der Waals surface area contributed by atoms with E-state index in [4.69, 9.17) is 0 Å². The van der Waals surface area contributed by atoms with E-state index in [2.05, 4.69) is 0 Å². The molecule has 0 bridgehead atoms. The first-order chi connectivity index (χ1) is 8.56. The molecule has 0 aliphatic rings. The number of thioether (sulfide) groups is 1. The molecule has 0 aliphatic carbocycles. The fourth-order valence-corrected chi connectivity index (χ4v) is 2.24. The molecule has 0 fully saturated rings. The van der Waals surface area contributed by atoms with E-state index in [-0.39, 0.29) is 6.42 Å². The van der Waals surface area contributed by atoms with Gasteiger partial charge < -0.3 is 0 Å². The largest absolute Gasteiger partial charge is 0.460 e. The number of hydrogen-bond donors (Lipinski definition) is 0. The van der Waals surface area contributed by atoms with Crippen molar-refractivity contribution in [2.45, 2.75) is 62.8 Å². The molecule has 116 valence electrons. The number of hydrogen-bond acceptors (Lipinski definition) is 1. The van der Waals surface area contributed by atoms with Gasteiger partial charge in [0.1, 0.15) is 0 Å². The van der Waals surface area contributed by atoms with Crippen molar-refractivity contribution >= 4 is 11.8 Å². The Hall–Kier alpha value is -0.140. The van der Waals surface area contributed by atoms with Gasteiger partial charge in [-0.05, 0) is 12.2 Å². The lowest BCUT2D eigenvalue weighted by molar-refractivity contribution is -0.330. The third kappa shape index (κ3) is 5.79. The lowest BCUT2D eigenvalue weighted by Crippen LogP contribution is -2.50. The normalized spacial score (nSPS) is 13.9. The Morgan fingerprint density at radius 2 is 1.21 bits per heavy atom. The summed E-state index contributed by atoms with van der Waals surface area (Å²) >= 11 is -0.627. The van der Waals surface area contributed by atoms with Gasteiger partial charge in [0.15, 0.2) is 0 Å². The Bertz CT molecular complexity index is 250. The second-order valence-corrected chi connectivity index (χ2v) is 5.41. The average molecular weight is 314 g/mol. The maximum Gasteiger partial charge on any atom is 0.460 e. The first-order valence-corrected chi connectivity index (χ1v) is 7.01. The Morgan fingerprint density at radius 1 is 0.737 bits per heavy atom. The monoisotopic (exact) mass is 314 g/mol. The van der Waals surface area contributed by atoms with E-state index in [0.29, 0.717) is 6.42 Å². The van der Waals surface area contributed by atoms with E-state index in [1.165, 1.54) is 0 Å². The number of unbranched alkanes of at least 4 members (excludes halogenated alkanes) is 5. The Morgan fingerprint density at radius 3 is 1.68 bits per heavy atom. The molecule has 19 heavy (non-hydrogen) atoms. The molecule has 0 heterocycles. The fourth-order valence-electron chi connectivity index (χ4n) is 1.34. The van der Waals surface area contributed by atoms with Crippen molar-refractivity contribution in [1.29, 1.82) is 0 Å². The molecule has 0 saturated heterocycles. The second-order valence-electron chi connectivity index (χ2n) is 4.21. The van der Waals surface area contributed by atoms with Crippen LogP contribution in [0.25, 0.3) is 0 Å². The molecule has 0 aliphatic heterocycles. The van der Waals surface area contributed by atoms with Crippen molar-refractivity contribution in [3.63, 3.8) is 0 Å². The van der Waals surface area contributed by atoms with E-state index in [1.54, 1.807) is 0 Å². The van der Waals surface area contributed by atoms with Gasteiger partial charge in [0.25, 0.3) is 0 Å². The molecule has 0 amide bonds. The minimum atomic E-state index is -6.23. The van der Waals surface area contributed by atoms with Crippen LogP contribution in [0.2, 0.25) is 0 Å². The average Bonchev–Trinajstić information content (AvgIpc) is 2.26. The zero-order chi connectivity index (χ0) is 15.2. The summed E-state index contributed by atoms with van der Waals surface area (Å²) < 4.78 is 86.0. The summed E-state index contributed by atoms with van der Waals surface area (Å²) in [4.78, 5) is 0. The second kappa shape index (κ2) is 7.59. The summed E-state index contributed by atoms with van der Waals surface area (Å²) in [5.74, 6) is -6.41. The molecule has 0 aromatic heterocycles. The fraction of sp³-hybridized carbons (Fsp3) is 1.00. The SMILES string of the molecule is CCCCCCCCSC(F)(F)C(F)(F)C(F)(F)F. The van der Waals surface area contributed by atoms with Crippen LogP contribution < -0.4 is 0 Å². The zero-order valence-electron chi connectivity index (χ0n) is 10.5. The van der Waals surface area contributed by atoms with Gasteiger partial charge in [0.05, 0.1) is 0 Å². The molecule has 0 radical (unpaired) electrons. The minimum Gasteiger partial charge on any atom is -0.188 e. The molecule has 0 aromatic rings. The molecular weight excluding hydrogens is 297 g/mol. The highest BCUT2D eigenvalue weighted by atomic mass is 32.2. The van der Waals surface area contributed by atoms with Gasteiger partial charge in [-0.15, -0.1) is 0 Å². The number of alkyl halides is 7. The Kier molecular flexibility index (Phi) is 7.54. The number of rotatable bonds is 9. The summed E-state index contributed by atoms with van der Waals surface area (Å²) in [6.07, 6.45) is -1.78. The summed E-state index contributed by atoms with van der Waals surface area (Å²) in [7, 11) is 0. The Balaban J connectivity index is 4.04. The van der Waals surface area contributed by atoms with E-state index < -0.39 is 34.9 Å². The third-order valence-electron chi connectivity index (χ3n) is 2.50. The first-order valence-electron chi connectivity index (χ1n) is 6.02. The van der Waals surface area contributed by atoms with Gasteiger partial charge in [-0.1, -0.05) is 50.8 Å². The van der Waals surface area contributed by atoms with Gasteiger partial charge in [0, 0.05) is 0 Å². The predicted molar refractivity (Wildman–Crippen MR) is 61.8 cm³/mol. The molecule has 0 spiro atoms. The lowest BCUT2D eigenvalue weighted by Gasteiger charge is -2.27. The van der Waals surface area contributed by atoms with E-state index in [1.807, 2.05) is 6.92 Å². The van der Waals surface area contributed by atoms with Crippen molar-refractivity contribution in [2.75, 3.05) is 5.75 Å². The summed E-state index contributed by atoms with van der Waals surface area (Å²) in [5.41, 5.74) is 0. The standard InChI is InChI=1S/C11H17F7S/c1-2-3-4-5-6-7-8-19-11(17,18)9(12,13)10(14,15)16/h2-8H2,1H3. The van der Waals surface area contributed by atoms with Crippen molar-refractivity contribution < 1.29 is 30.7 Å². The molecule has 8 heteroatoms. The van der Waals surface area contributed by atoms with Crippen molar-refractivity contribution in [2.24, 2.45) is 0 Å². The summed E-state index contributed by atoms with van der Waals surface area (Å²) in [5, 5.41) is -5.12. The Labute approximate surface area is 112 Å². The van der Waals surface area contributed by atoms with E-state index in [0.717, 1.165) is 25.7 Å². The molecular formula is C11H17F7S. The molecule has 0 unspecified atom stereocenters. The predicted octanol–water partition coefficient (Wildman–Crippen LogP) is 5.87. The van der Waals surface area contributed by atoms with Gasteiger partial charge in [-0.3, -0.25) is 0 Å². The molecule has 0 nitrogen and oxygen atoms in total. The topological polar surface area (TPSA) is 0 Å². The molecule has 0 aromatic carbocycles. The highest BCUT2D eigenvalue weighted by Crippen LogP contribution is 2.51. The van der Waals surface area contributed by atoms with Gasteiger partial charge in [-0.25, -0.2) is 0 Å². The van der Waals surface area contributed by atoms with E-state index >= 15 is 0 Å². The van der Waals surface area contributed by atoms with Gasteiger partial charge in [-0.2, -0.15) is 30.7 Å². The molecule has 0 N–H and O–H groups in total. The van der Waals surface area contributed by atoms with Gasteiger partial charge >= 0.3 is 17.4 Å². The highest BCUT2D eigenvalue weighted by Gasteiger charge is 2.73. The summed E-state index contributed by atoms with van der Waals surface area (Å²) in [6, 6.07) is 0. The van der Waals surface area contributed by atoms with Crippen molar-refractivity contribution in [3.05, 3.63) is 0 Å². The van der Waals surface area contributed by atoms with Crippen LogP contribution in [0, 0.1) is 0 Å². The molecule has 0 rings (SSSR count). The zero-order valence-corrected chi connectivity index (χ0v) is 11.3.